The minimum Gasteiger partial charge on any atom is -0.487 e. The number of methoxy groups -OCH3 is 1. The van der Waals surface area contributed by atoms with Crippen LogP contribution in [0.25, 0.3) is 0 Å². The van der Waals surface area contributed by atoms with Gasteiger partial charge in [-0.3, -0.25) is 9.59 Å². The Bertz CT molecular complexity index is 1690. The van der Waals surface area contributed by atoms with Gasteiger partial charge in [0.25, 0.3) is 5.91 Å². The highest BCUT2D eigenvalue weighted by Crippen LogP contribution is 2.45. The molecular weight excluding hydrogens is 694 g/mol. The fourth-order valence-corrected chi connectivity index (χ4v) is 9.17. The SMILES string of the molecule is COC(=O)CN1CC/C=C/C(O[Si](C)(C)C(C)(C)C)[C@@H]2CC[C@H]2CN2CCCCc3cc(Cl)ccc3COc3ccc(cc32)C(=O)NS1(=O)=O. The van der Waals surface area contributed by atoms with Gasteiger partial charge in [0.15, 0.2) is 8.32 Å². The zero-order valence-electron chi connectivity index (χ0n) is 30.2. The summed E-state index contributed by atoms with van der Waals surface area (Å²) < 4.78 is 48.6. The fraction of sp³-hybridized carbons (Fsp3) is 0.568. The summed E-state index contributed by atoms with van der Waals surface area (Å²) in [5.74, 6) is -0.290. The smallest absolute Gasteiger partial charge is 0.321 e. The number of nitrogens with one attached hydrogen (secondary N) is 1. The van der Waals surface area contributed by atoms with E-state index in [0.717, 1.165) is 66.3 Å². The lowest BCUT2D eigenvalue weighted by Gasteiger charge is -2.47. The number of amides is 1. The summed E-state index contributed by atoms with van der Waals surface area (Å²) in [4.78, 5) is 28.2. The molecule has 0 saturated heterocycles. The average Bonchev–Trinajstić information content (AvgIpc) is 3.06. The van der Waals surface area contributed by atoms with E-state index in [1.807, 2.05) is 24.3 Å². The van der Waals surface area contributed by atoms with Crippen LogP contribution in [0.2, 0.25) is 23.2 Å². The third kappa shape index (κ3) is 9.11. The second-order valence-corrected chi connectivity index (χ2v) is 22.1. The first-order valence-corrected chi connectivity index (χ1v) is 22.3. The monoisotopic (exact) mass is 745 g/mol. The quantitative estimate of drug-likeness (QED) is 0.205. The molecule has 50 heavy (non-hydrogen) atoms. The van der Waals surface area contributed by atoms with Gasteiger partial charge in [0.1, 0.15) is 18.9 Å². The minimum atomic E-state index is -4.40. The lowest BCUT2D eigenvalue weighted by Crippen LogP contribution is -2.50. The number of halogens is 1. The van der Waals surface area contributed by atoms with Crippen molar-refractivity contribution in [2.45, 2.75) is 90.1 Å². The second-order valence-electron chi connectivity index (χ2n) is 15.2. The molecule has 1 aliphatic carbocycles. The predicted molar refractivity (Wildman–Crippen MR) is 199 cm³/mol. The van der Waals surface area contributed by atoms with Crippen molar-refractivity contribution in [1.29, 1.82) is 0 Å². The molecule has 2 aliphatic heterocycles. The van der Waals surface area contributed by atoms with E-state index in [4.69, 9.17) is 25.5 Å². The van der Waals surface area contributed by atoms with E-state index < -0.39 is 36.9 Å². The third-order valence-corrected chi connectivity index (χ3v) is 16.9. The standard InChI is InChI=1S/C37H52ClN3O7SSi/c1-37(2,3)50(5,6)48-33-12-8-10-20-41(24-35(42)46-4)49(44,45)39-36(43)27-15-18-34-32(22-27)40(23-28-14-17-31(28)33)19-9-7-11-26-21-30(38)16-13-29(26)25-47-34/h8,12-13,15-16,18,21-22,28,31,33H,7,9-11,14,17,19-20,23-25H2,1-6H3,(H,39,43)/b12-8+/t28-,31+,33?/m0/s1. The first-order chi connectivity index (χ1) is 23.6. The summed E-state index contributed by atoms with van der Waals surface area (Å²) in [6.45, 7) is 12.5. The van der Waals surface area contributed by atoms with Crippen molar-refractivity contribution >= 4 is 47.7 Å². The Morgan fingerprint density at radius 3 is 2.56 bits per heavy atom. The number of anilines is 1. The Kier molecular flexibility index (Phi) is 12.1. The molecule has 2 bridgehead atoms. The van der Waals surface area contributed by atoms with Gasteiger partial charge in [-0.05, 0) is 110 Å². The van der Waals surface area contributed by atoms with Gasteiger partial charge < -0.3 is 18.8 Å². The molecule has 3 atom stereocenters. The Morgan fingerprint density at radius 2 is 1.86 bits per heavy atom. The molecule has 0 spiro atoms. The van der Waals surface area contributed by atoms with Crippen LogP contribution in [-0.2, 0) is 37.2 Å². The first-order valence-electron chi connectivity index (χ1n) is 17.6. The van der Waals surface area contributed by atoms with Crippen molar-refractivity contribution in [2.75, 3.05) is 38.2 Å². The van der Waals surface area contributed by atoms with Gasteiger partial charge in [0.2, 0.25) is 0 Å². The molecule has 1 N–H and O–H groups in total. The molecule has 10 nitrogen and oxygen atoms in total. The number of fused-ring (bicyclic) bond motifs is 3. The van der Waals surface area contributed by atoms with Crippen molar-refractivity contribution in [1.82, 2.24) is 9.03 Å². The molecule has 13 heteroatoms. The van der Waals surface area contributed by atoms with Crippen molar-refractivity contribution in [3.8, 4) is 5.75 Å². The Balaban J connectivity index is 1.57. The fourth-order valence-electron chi connectivity index (χ4n) is 6.59. The van der Waals surface area contributed by atoms with Crippen molar-refractivity contribution in [3.63, 3.8) is 0 Å². The van der Waals surface area contributed by atoms with E-state index >= 15 is 0 Å². The molecule has 1 fully saturated rings. The second kappa shape index (κ2) is 15.8. The molecule has 2 heterocycles. The molecule has 5 rings (SSSR count). The topological polar surface area (TPSA) is 114 Å². The van der Waals surface area contributed by atoms with Crippen molar-refractivity contribution in [3.05, 3.63) is 70.3 Å². The van der Waals surface area contributed by atoms with Gasteiger partial charge in [-0.25, -0.2) is 4.72 Å². The van der Waals surface area contributed by atoms with Gasteiger partial charge in [-0.15, -0.1) is 0 Å². The van der Waals surface area contributed by atoms with Gasteiger partial charge in [-0.2, -0.15) is 12.7 Å². The Morgan fingerprint density at radius 1 is 1.08 bits per heavy atom. The van der Waals surface area contributed by atoms with Crippen LogP contribution in [0.15, 0.2) is 48.6 Å². The van der Waals surface area contributed by atoms with Crippen LogP contribution in [0.3, 0.4) is 0 Å². The van der Waals surface area contributed by atoms with E-state index in [1.54, 1.807) is 18.2 Å². The number of benzene rings is 2. The number of nitrogens with zero attached hydrogens (tertiary/aromatic N) is 2. The Labute approximate surface area is 303 Å². The van der Waals surface area contributed by atoms with Gasteiger partial charge in [0.05, 0.1) is 18.9 Å². The molecule has 2 aromatic rings. The number of ether oxygens (including phenoxy) is 2. The minimum absolute atomic E-state index is 0.00568. The maximum atomic E-state index is 13.6. The lowest BCUT2D eigenvalue weighted by atomic mass is 9.70. The zero-order chi connectivity index (χ0) is 36.3. The first kappa shape index (κ1) is 38.3. The van der Waals surface area contributed by atoms with Crippen LogP contribution in [0, 0.1) is 11.8 Å². The number of esters is 1. The van der Waals surface area contributed by atoms with Crippen LogP contribution >= 0.6 is 11.6 Å². The van der Waals surface area contributed by atoms with Gasteiger partial charge in [-0.1, -0.05) is 50.6 Å². The molecular formula is C37H52ClN3O7SSi. The van der Waals surface area contributed by atoms with E-state index in [1.165, 1.54) is 7.11 Å². The maximum Gasteiger partial charge on any atom is 0.321 e. The van der Waals surface area contributed by atoms with E-state index in [9.17, 15) is 18.0 Å². The predicted octanol–water partition coefficient (Wildman–Crippen LogP) is 6.89. The van der Waals surface area contributed by atoms with E-state index in [0.29, 0.717) is 29.7 Å². The molecule has 274 valence electrons. The highest BCUT2D eigenvalue weighted by molar-refractivity contribution is 7.87. The zero-order valence-corrected chi connectivity index (χ0v) is 32.7. The van der Waals surface area contributed by atoms with Crippen LogP contribution in [0.5, 0.6) is 5.75 Å². The average molecular weight is 746 g/mol. The summed E-state index contributed by atoms with van der Waals surface area (Å²) in [5, 5.41) is 0.700. The highest BCUT2D eigenvalue weighted by atomic mass is 35.5. The lowest BCUT2D eigenvalue weighted by molar-refractivity contribution is -0.140. The number of carbonyl (C=O) groups is 2. The number of carbonyl (C=O) groups excluding carboxylic acids is 2. The number of aryl methyl sites for hydroxylation is 1. The largest absolute Gasteiger partial charge is 0.487 e. The van der Waals surface area contributed by atoms with E-state index in [-0.39, 0.29) is 29.2 Å². The summed E-state index contributed by atoms with van der Waals surface area (Å²) in [7, 11) is -5.38. The summed E-state index contributed by atoms with van der Waals surface area (Å²) >= 11 is 6.37. The molecule has 0 radical (unpaired) electrons. The summed E-state index contributed by atoms with van der Waals surface area (Å²) in [6.07, 6.45) is 9.03. The third-order valence-electron chi connectivity index (χ3n) is 10.8. The van der Waals surface area contributed by atoms with E-state index in [2.05, 4.69) is 49.6 Å². The van der Waals surface area contributed by atoms with Crippen LogP contribution in [-0.4, -0.2) is 72.3 Å². The summed E-state index contributed by atoms with van der Waals surface area (Å²) in [6, 6.07) is 10.9. The summed E-state index contributed by atoms with van der Waals surface area (Å²) in [5.41, 5.74) is 3.14. The number of hydrogen-bond donors (Lipinski definition) is 1. The maximum absolute atomic E-state index is 13.6. The van der Waals surface area contributed by atoms with Crippen LogP contribution in [0.4, 0.5) is 5.69 Å². The highest BCUT2D eigenvalue weighted by Gasteiger charge is 2.44. The van der Waals surface area contributed by atoms with Crippen molar-refractivity contribution < 1.29 is 31.9 Å². The van der Waals surface area contributed by atoms with Crippen LogP contribution in [0.1, 0.15) is 74.4 Å². The molecule has 2 aromatic carbocycles. The normalized spacial score (nSPS) is 24.3. The van der Waals surface area contributed by atoms with Gasteiger partial charge in [0, 0.05) is 30.2 Å². The number of rotatable bonds is 4. The van der Waals surface area contributed by atoms with Crippen LogP contribution < -0.4 is 14.4 Å². The number of hydrogen-bond acceptors (Lipinski definition) is 8. The van der Waals surface area contributed by atoms with Crippen molar-refractivity contribution in [2.24, 2.45) is 11.8 Å². The molecule has 1 unspecified atom stereocenters. The molecule has 1 amide bonds. The Hall–Kier alpha value is -2.90. The molecule has 3 aliphatic rings. The molecule has 1 saturated carbocycles. The molecule has 0 aromatic heterocycles. The van der Waals surface area contributed by atoms with Gasteiger partial charge >= 0.3 is 16.2 Å².